The van der Waals surface area contributed by atoms with Gasteiger partial charge in [0.05, 0.1) is 11.1 Å². The Labute approximate surface area is 112 Å². The Bertz CT molecular complexity index is 660. The number of nitrogens with one attached hydrogen (secondary N) is 1. The van der Waals surface area contributed by atoms with Crippen molar-refractivity contribution < 1.29 is 5.11 Å². The first kappa shape index (κ1) is 13.4. The third kappa shape index (κ3) is 2.56. The summed E-state index contributed by atoms with van der Waals surface area (Å²) in [4.78, 5) is 18.6. The van der Waals surface area contributed by atoms with Crippen LogP contribution in [0, 0.1) is 0 Å². The van der Waals surface area contributed by atoms with Crippen molar-refractivity contribution in [3.8, 4) is 5.75 Å². The summed E-state index contributed by atoms with van der Waals surface area (Å²) in [6.07, 6.45) is 0. The quantitative estimate of drug-likeness (QED) is 0.876. The number of aromatic nitrogens is 1. The van der Waals surface area contributed by atoms with Crippen LogP contribution in [0.5, 0.6) is 5.75 Å². The van der Waals surface area contributed by atoms with Gasteiger partial charge in [-0.05, 0) is 32.3 Å². The Hall–Kier alpha value is -2.01. The Morgan fingerprint density at radius 1 is 1.21 bits per heavy atom. The number of benzene rings is 1. The first-order chi connectivity index (χ1) is 8.90. The Morgan fingerprint density at radius 3 is 2.47 bits per heavy atom. The predicted molar refractivity (Wildman–Crippen MR) is 78.0 cm³/mol. The number of hydrogen-bond acceptors (Lipinski definition) is 4. The van der Waals surface area contributed by atoms with Gasteiger partial charge in [0.15, 0.2) is 0 Å². The molecule has 102 valence electrons. The van der Waals surface area contributed by atoms with E-state index >= 15 is 0 Å². The molecule has 0 saturated heterocycles. The average Bonchev–Trinajstić information content (AvgIpc) is 2.33. The number of H-pyrrole nitrogens is 1. The van der Waals surface area contributed by atoms with E-state index in [9.17, 15) is 9.90 Å². The Morgan fingerprint density at radius 2 is 1.89 bits per heavy atom. The molecule has 0 radical (unpaired) electrons. The van der Waals surface area contributed by atoms with Crippen molar-refractivity contribution in [2.45, 2.75) is 6.54 Å². The monoisotopic (exact) mass is 261 g/mol. The van der Waals surface area contributed by atoms with Crippen molar-refractivity contribution in [3.05, 3.63) is 34.1 Å². The van der Waals surface area contributed by atoms with Gasteiger partial charge in [0, 0.05) is 31.7 Å². The van der Waals surface area contributed by atoms with Gasteiger partial charge < -0.3 is 19.9 Å². The predicted octanol–water partition coefficient (Wildman–Crippen LogP) is 1.36. The topological polar surface area (TPSA) is 59.6 Å². The number of aromatic hydroxyl groups is 1. The highest BCUT2D eigenvalue weighted by molar-refractivity contribution is 5.88. The molecule has 5 heteroatoms. The number of nitrogens with zero attached hydrogens (tertiary/aromatic N) is 2. The second kappa shape index (κ2) is 4.93. The molecule has 1 aromatic heterocycles. The third-order valence-corrected chi connectivity index (χ3v) is 3.06. The minimum Gasteiger partial charge on any atom is -0.507 e. The number of anilines is 1. The summed E-state index contributed by atoms with van der Waals surface area (Å²) in [7, 11) is 7.58. The molecule has 0 fully saturated rings. The first-order valence-corrected chi connectivity index (χ1v) is 6.10. The summed E-state index contributed by atoms with van der Waals surface area (Å²) in [6, 6.07) is 5.60. The van der Waals surface area contributed by atoms with E-state index in [0.717, 1.165) is 5.69 Å². The van der Waals surface area contributed by atoms with Crippen molar-refractivity contribution in [1.29, 1.82) is 0 Å². The van der Waals surface area contributed by atoms with Crippen molar-refractivity contribution >= 4 is 16.6 Å². The van der Waals surface area contributed by atoms with Gasteiger partial charge in [-0.3, -0.25) is 4.79 Å². The zero-order chi connectivity index (χ0) is 14.2. The molecule has 0 bridgehead atoms. The number of pyridine rings is 1. The second-order valence-corrected chi connectivity index (χ2v) is 5.14. The normalized spacial score (nSPS) is 11.2. The number of rotatable bonds is 3. The average molecular weight is 261 g/mol. The standard InChI is InChI=1S/C14H19N3O2/c1-16(2)8-11-13(18)10-6-5-9(17(3)4)7-12(10)15-14(11)19/h5-7H,8H2,1-4H3,(H2,15,18,19). The Balaban J connectivity index is 2.66. The fourth-order valence-electron chi connectivity index (χ4n) is 2.05. The molecule has 0 spiro atoms. The summed E-state index contributed by atoms with van der Waals surface area (Å²) in [5.41, 5.74) is 1.78. The lowest BCUT2D eigenvalue weighted by atomic mass is 10.1. The lowest BCUT2D eigenvalue weighted by Crippen LogP contribution is -2.20. The highest BCUT2D eigenvalue weighted by Crippen LogP contribution is 2.28. The fraction of sp³-hybridized carbons (Fsp3) is 0.357. The van der Waals surface area contributed by atoms with Crippen LogP contribution in [-0.4, -0.2) is 43.2 Å². The molecule has 0 aliphatic rings. The number of hydrogen-bond donors (Lipinski definition) is 2. The smallest absolute Gasteiger partial charge is 0.256 e. The molecule has 0 atom stereocenters. The zero-order valence-corrected chi connectivity index (χ0v) is 11.7. The van der Waals surface area contributed by atoms with Crippen molar-refractivity contribution in [2.75, 3.05) is 33.1 Å². The van der Waals surface area contributed by atoms with Gasteiger partial charge >= 0.3 is 0 Å². The van der Waals surface area contributed by atoms with Crippen LogP contribution < -0.4 is 10.5 Å². The minimum atomic E-state index is -0.241. The minimum absolute atomic E-state index is 0.0674. The van der Waals surface area contributed by atoms with Crippen molar-refractivity contribution in [1.82, 2.24) is 9.88 Å². The molecule has 0 aliphatic carbocycles. The second-order valence-electron chi connectivity index (χ2n) is 5.14. The maximum atomic E-state index is 12.0. The lowest BCUT2D eigenvalue weighted by Gasteiger charge is -2.15. The van der Waals surface area contributed by atoms with Crippen LogP contribution in [0.4, 0.5) is 5.69 Å². The van der Waals surface area contributed by atoms with Crippen LogP contribution in [-0.2, 0) is 6.54 Å². The summed E-state index contributed by atoms with van der Waals surface area (Å²) < 4.78 is 0. The summed E-state index contributed by atoms with van der Waals surface area (Å²) in [5, 5.41) is 10.9. The zero-order valence-electron chi connectivity index (χ0n) is 11.7. The van der Waals surface area contributed by atoms with Gasteiger partial charge in [-0.15, -0.1) is 0 Å². The molecule has 2 rings (SSSR count). The molecular weight excluding hydrogens is 242 g/mol. The molecule has 0 saturated carbocycles. The highest BCUT2D eigenvalue weighted by atomic mass is 16.3. The van der Waals surface area contributed by atoms with E-state index in [0.29, 0.717) is 23.0 Å². The van der Waals surface area contributed by atoms with E-state index in [1.165, 1.54) is 0 Å². The molecule has 0 unspecified atom stereocenters. The van der Waals surface area contributed by atoms with Gasteiger partial charge in [-0.25, -0.2) is 0 Å². The van der Waals surface area contributed by atoms with E-state index in [4.69, 9.17) is 0 Å². The van der Waals surface area contributed by atoms with E-state index < -0.39 is 0 Å². The molecule has 5 nitrogen and oxygen atoms in total. The Kier molecular flexibility index (Phi) is 3.48. The highest BCUT2D eigenvalue weighted by Gasteiger charge is 2.13. The maximum absolute atomic E-state index is 12.0. The van der Waals surface area contributed by atoms with Crippen molar-refractivity contribution in [3.63, 3.8) is 0 Å². The molecule has 2 aromatic rings. The van der Waals surface area contributed by atoms with Crippen LogP contribution in [0.15, 0.2) is 23.0 Å². The third-order valence-electron chi connectivity index (χ3n) is 3.06. The maximum Gasteiger partial charge on any atom is 0.256 e. The molecule has 1 aromatic carbocycles. The van der Waals surface area contributed by atoms with Gasteiger partial charge in [0.1, 0.15) is 5.75 Å². The lowest BCUT2D eigenvalue weighted by molar-refractivity contribution is 0.385. The van der Waals surface area contributed by atoms with Crippen LogP contribution in [0.25, 0.3) is 10.9 Å². The number of aromatic amines is 1. The molecule has 2 N–H and O–H groups in total. The van der Waals surface area contributed by atoms with E-state index in [2.05, 4.69) is 4.98 Å². The van der Waals surface area contributed by atoms with Crippen LogP contribution >= 0.6 is 0 Å². The van der Waals surface area contributed by atoms with Crippen LogP contribution in [0.3, 0.4) is 0 Å². The van der Waals surface area contributed by atoms with Gasteiger partial charge in [0.2, 0.25) is 0 Å². The van der Waals surface area contributed by atoms with Crippen molar-refractivity contribution in [2.24, 2.45) is 0 Å². The SMILES string of the molecule is CN(C)Cc1c(O)c2ccc(N(C)C)cc2[nH]c1=O. The molecule has 19 heavy (non-hydrogen) atoms. The van der Waals surface area contributed by atoms with Crippen LogP contribution in [0.2, 0.25) is 0 Å². The van der Waals surface area contributed by atoms with E-state index in [1.807, 2.05) is 56.2 Å². The number of fused-ring (bicyclic) bond motifs is 1. The van der Waals surface area contributed by atoms with Crippen LogP contribution in [0.1, 0.15) is 5.56 Å². The van der Waals surface area contributed by atoms with E-state index in [-0.39, 0.29) is 11.3 Å². The molecule has 0 aliphatic heterocycles. The summed E-state index contributed by atoms with van der Waals surface area (Å²) in [5.74, 6) is 0.0674. The summed E-state index contributed by atoms with van der Waals surface area (Å²) >= 11 is 0. The van der Waals surface area contributed by atoms with E-state index in [1.54, 1.807) is 0 Å². The van der Waals surface area contributed by atoms with Gasteiger partial charge in [-0.2, -0.15) is 0 Å². The molecular formula is C14H19N3O2. The van der Waals surface area contributed by atoms with Gasteiger partial charge in [0.25, 0.3) is 5.56 Å². The summed E-state index contributed by atoms with van der Waals surface area (Å²) in [6.45, 7) is 0.409. The fourth-order valence-corrected chi connectivity index (χ4v) is 2.05. The molecule has 0 amide bonds. The van der Waals surface area contributed by atoms with Gasteiger partial charge in [-0.1, -0.05) is 0 Å². The largest absolute Gasteiger partial charge is 0.507 e. The first-order valence-electron chi connectivity index (χ1n) is 6.10. The molecule has 1 heterocycles.